The smallest absolute Gasteiger partial charge is 0.408 e. The standard InChI is InChI=1S/C46H52ClN9O6/c47-36-26-48-45(52-43(36)32-4-3-5-35(24-32)55-19-2-1-6-42(55)59)50-34-10-8-33(9-11-34)49-41(58)28-54-20-15-29(16-21-54)27-53-22-17-30(18-23-53)31-7-12-37-39(25-31)62-46(61)56(37)38-13-14-40(57)51-44(38)60/h1-7,12,19,24-26,29-30,33-34,38H,8-11,13-18,20-23,27-28H2,(H,49,58)(H,48,50,52)(H,51,57,60). The van der Waals surface area contributed by atoms with E-state index in [0.717, 1.165) is 101 Å². The second-order valence-corrected chi connectivity index (χ2v) is 17.7. The molecule has 1 atom stereocenters. The maximum absolute atomic E-state index is 13.1. The van der Waals surface area contributed by atoms with Gasteiger partial charge in [-0.1, -0.05) is 35.9 Å². The maximum Gasteiger partial charge on any atom is 0.420 e. The van der Waals surface area contributed by atoms with Gasteiger partial charge in [0.15, 0.2) is 5.58 Å². The maximum atomic E-state index is 13.1. The lowest BCUT2D eigenvalue weighted by molar-refractivity contribution is -0.135. The Kier molecular flexibility index (Phi) is 12.4. The van der Waals surface area contributed by atoms with Gasteiger partial charge in [-0.25, -0.2) is 14.8 Å². The number of pyridine rings is 1. The van der Waals surface area contributed by atoms with Crippen LogP contribution in [0.5, 0.6) is 0 Å². The Morgan fingerprint density at radius 3 is 2.39 bits per heavy atom. The van der Waals surface area contributed by atoms with E-state index >= 15 is 0 Å². The van der Waals surface area contributed by atoms with Crippen molar-refractivity contribution in [2.75, 3.05) is 44.6 Å². The first-order valence-corrected chi connectivity index (χ1v) is 22.3. The second-order valence-electron chi connectivity index (χ2n) is 17.3. The van der Waals surface area contributed by atoms with E-state index in [0.29, 0.717) is 46.1 Å². The summed E-state index contributed by atoms with van der Waals surface area (Å²) in [4.78, 5) is 76.5. The van der Waals surface area contributed by atoms with E-state index in [1.165, 1.54) is 10.6 Å². The molecule has 0 radical (unpaired) electrons. The van der Waals surface area contributed by atoms with Crippen molar-refractivity contribution in [1.82, 2.24) is 39.5 Å². The molecule has 1 unspecified atom stereocenters. The number of fused-ring (bicyclic) bond motifs is 1. The van der Waals surface area contributed by atoms with E-state index in [1.54, 1.807) is 23.0 Å². The number of carbonyl (C=O) groups is 3. The molecule has 2 aromatic carbocycles. The summed E-state index contributed by atoms with van der Waals surface area (Å²) < 4.78 is 8.55. The van der Waals surface area contributed by atoms with Crippen LogP contribution in [0, 0.1) is 5.92 Å². The van der Waals surface area contributed by atoms with Crippen LogP contribution in [0.4, 0.5) is 5.95 Å². The van der Waals surface area contributed by atoms with Gasteiger partial charge in [-0.3, -0.25) is 38.5 Å². The number of aromatic nitrogens is 4. The fraction of sp³-hybridized carbons (Fsp3) is 0.457. The van der Waals surface area contributed by atoms with Crippen molar-refractivity contribution >= 4 is 46.4 Å². The average Bonchev–Trinajstić information content (AvgIpc) is 3.60. The van der Waals surface area contributed by atoms with E-state index in [1.807, 2.05) is 48.5 Å². The van der Waals surface area contributed by atoms with Crippen LogP contribution < -0.4 is 27.3 Å². The highest BCUT2D eigenvalue weighted by molar-refractivity contribution is 6.32. The number of anilines is 1. The number of imide groups is 1. The number of oxazole rings is 1. The largest absolute Gasteiger partial charge is 0.420 e. The second kappa shape index (κ2) is 18.4. The van der Waals surface area contributed by atoms with Gasteiger partial charge < -0.3 is 20.0 Å². The third-order valence-corrected chi connectivity index (χ3v) is 13.5. The summed E-state index contributed by atoms with van der Waals surface area (Å²) in [5, 5.41) is 9.54. The molecular formula is C46H52ClN9O6. The molecule has 4 aliphatic rings. The number of rotatable bonds is 11. The normalized spacial score (nSPS) is 22.1. The van der Waals surface area contributed by atoms with E-state index in [-0.39, 0.29) is 42.3 Å². The first-order valence-electron chi connectivity index (χ1n) is 21.9. The van der Waals surface area contributed by atoms with Crippen LogP contribution in [0.2, 0.25) is 5.02 Å². The van der Waals surface area contributed by atoms with Gasteiger partial charge in [0.2, 0.25) is 23.7 Å². The first-order chi connectivity index (χ1) is 30.1. The zero-order valence-corrected chi connectivity index (χ0v) is 35.4. The minimum atomic E-state index is -0.748. The lowest BCUT2D eigenvalue weighted by atomic mass is 9.88. The fourth-order valence-electron chi connectivity index (χ4n) is 9.80. The average molecular weight is 862 g/mol. The number of carbonyl (C=O) groups excluding carboxylic acids is 3. The van der Waals surface area contributed by atoms with Gasteiger partial charge in [0.05, 0.1) is 29.0 Å². The van der Waals surface area contributed by atoms with Gasteiger partial charge in [0.25, 0.3) is 5.56 Å². The van der Waals surface area contributed by atoms with E-state index < -0.39 is 17.7 Å². The van der Waals surface area contributed by atoms with Crippen molar-refractivity contribution in [1.29, 1.82) is 0 Å². The Balaban J connectivity index is 0.686. The lowest BCUT2D eigenvalue weighted by Gasteiger charge is -2.38. The molecule has 15 nitrogen and oxygen atoms in total. The summed E-state index contributed by atoms with van der Waals surface area (Å²) in [5.41, 5.74) is 4.18. The number of likely N-dealkylation sites (tertiary alicyclic amines) is 2. The number of nitrogens with zero attached hydrogens (tertiary/aromatic N) is 6. The van der Waals surface area contributed by atoms with Gasteiger partial charge in [-0.2, -0.15) is 0 Å². The predicted octanol–water partition coefficient (Wildman–Crippen LogP) is 5.26. The Morgan fingerprint density at radius 2 is 1.61 bits per heavy atom. The van der Waals surface area contributed by atoms with Gasteiger partial charge in [-0.15, -0.1) is 0 Å². The van der Waals surface area contributed by atoms with Crippen LogP contribution in [0.3, 0.4) is 0 Å². The zero-order chi connectivity index (χ0) is 42.7. The SMILES string of the molecule is O=C1CCC(n2c(=O)oc3cc(C4CCN(CC5CCN(CC(=O)NC6CCC(Nc7ncc(Cl)c(-c8cccc(-n9ccccc9=O)c8)n7)CC6)CC5)CC4)ccc32)C(=O)N1. The summed E-state index contributed by atoms with van der Waals surface area (Å²) in [5.74, 6) is 0.204. The number of amides is 3. The molecule has 3 amide bonds. The van der Waals surface area contributed by atoms with E-state index in [2.05, 4.69) is 30.7 Å². The van der Waals surface area contributed by atoms with Crippen molar-refractivity contribution in [3.8, 4) is 16.9 Å². The summed E-state index contributed by atoms with van der Waals surface area (Å²) >= 11 is 6.56. The molecule has 3 saturated heterocycles. The van der Waals surface area contributed by atoms with Crippen LogP contribution in [0.15, 0.2) is 87.1 Å². The molecule has 9 rings (SSSR count). The molecule has 3 aromatic heterocycles. The third kappa shape index (κ3) is 9.39. The molecule has 3 N–H and O–H groups in total. The third-order valence-electron chi connectivity index (χ3n) is 13.2. The number of nitrogens with one attached hydrogen (secondary N) is 3. The van der Waals surface area contributed by atoms with E-state index in [9.17, 15) is 24.0 Å². The number of hydrogen-bond acceptors (Lipinski definition) is 11. The van der Waals surface area contributed by atoms with Crippen molar-refractivity contribution in [3.63, 3.8) is 0 Å². The van der Waals surface area contributed by atoms with Crippen LogP contribution >= 0.6 is 11.6 Å². The molecule has 62 heavy (non-hydrogen) atoms. The van der Waals surface area contributed by atoms with Crippen molar-refractivity contribution in [3.05, 3.63) is 105 Å². The van der Waals surface area contributed by atoms with Crippen LogP contribution in [-0.2, 0) is 14.4 Å². The molecule has 3 aliphatic heterocycles. The van der Waals surface area contributed by atoms with Gasteiger partial charge in [-0.05, 0) is 132 Å². The highest BCUT2D eigenvalue weighted by atomic mass is 35.5. The Hall–Kier alpha value is -5.64. The van der Waals surface area contributed by atoms with Crippen molar-refractivity contribution in [2.45, 2.75) is 88.3 Å². The number of halogens is 1. The van der Waals surface area contributed by atoms with Gasteiger partial charge in [0, 0.05) is 48.6 Å². The van der Waals surface area contributed by atoms with Crippen LogP contribution in [-0.4, -0.2) is 98.0 Å². The highest BCUT2D eigenvalue weighted by Gasteiger charge is 2.32. The zero-order valence-electron chi connectivity index (χ0n) is 34.6. The molecule has 16 heteroatoms. The fourth-order valence-corrected chi connectivity index (χ4v) is 10.00. The van der Waals surface area contributed by atoms with Gasteiger partial charge >= 0.3 is 5.76 Å². The quantitative estimate of drug-likeness (QED) is 0.148. The Morgan fingerprint density at radius 1 is 0.839 bits per heavy atom. The molecule has 0 spiro atoms. The molecule has 1 saturated carbocycles. The molecular weight excluding hydrogens is 810 g/mol. The monoisotopic (exact) mass is 861 g/mol. The summed E-state index contributed by atoms with van der Waals surface area (Å²) in [6, 6.07) is 18.1. The molecule has 6 heterocycles. The number of hydrogen-bond donors (Lipinski definition) is 3. The molecule has 1 aliphatic carbocycles. The highest BCUT2D eigenvalue weighted by Crippen LogP contribution is 2.33. The molecule has 4 fully saturated rings. The topological polar surface area (TPSA) is 177 Å². The van der Waals surface area contributed by atoms with Crippen LogP contribution in [0.1, 0.15) is 81.7 Å². The number of piperidine rings is 3. The summed E-state index contributed by atoms with van der Waals surface area (Å²) in [6.45, 7) is 5.36. The molecule has 5 aromatic rings. The summed E-state index contributed by atoms with van der Waals surface area (Å²) in [6.07, 6.45) is 11.5. The lowest BCUT2D eigenvalue weighted by Crippen LogP contribution is -2.47. The molecule has 324 valence electrons. The van der Waals surface area contributed by atoms with Crippen molar-refractivity contribution in [2.24, 2.45) is 5.92 Å². The predicted molar refractivity (Wildman–Crippen MR) is 235 cm³/mol. The first kappa shape index (κ1) is 41.7. The van der Waals surface area contributed by atoms with Crippen molar-refractivity contribution < 1.29 is 18.8 Å². The minimum absolute atomic E-state index is 0.0950. The summed E-state index contributed by atoms with van der Waals surface area (Å²) in [7, 11) is 0. The van der Waals surface area contributed by atoms with Gasteiger partial charge in [0.1, 0.15) is 6.04 Å². The van der Waals surface area contributed by atoms with E-state index in [4.69, 9.17) is 21.0 Å². The minimum Gasteiger partial charge on any atom is -0.408 e. The molecule has 0 bridgehead atoms. The van der Waals surface area contributed by atoms with Crippen LogP contribution in [0.25, 0.3) is 28.0 Å². The number of benzene rings is 2. The Bertz CT molecular complexity index is 2570. The Labute approximate surface area is 363 Å².